The van der Waals surface area contributed by atoms with E-state index < -0.39 is 18.5 Å². The van der Waals surface area contributed by atoms with Gasteiger partial charge in [-0.15, -0.1) is 0 Å². The van der Waals surface area contributed by atoms with E-state index in [0.717, 1.165) is 44.9 Å². The molecule has 0 aromatic carbocycles. The van der Waals surface area contributed by atoms with Crippen LogP contribution in [0.1, 0.15) is 77.6 Å². The Labute approximate surface area is 159 Å². The average Bonchev–Trinajstić information content (AvgIpc) is 2.94. The zero-order valence-electron chi connectivity index (χ0n) is 16.3. The van der Waals surface area contributed by atoms with Crippen LogP contribution < -0.4 is 0 Å². The Kier molecular flexibility index (Phi) is 5.29. The minimum atomic E-state index is -4.03. The predicted molar refractivity (Wildman–Crippen MR) is 95.4 cm³/mol. The molecule has 0 aliphatic heterocycles. The van der Waals surface area contributed by atoms with Crippen molar-refractivity contribution in [2.75, 3.05) is 0 Å². The first-order chi connectivity index (χ1) is 12.7. The molecular weight excluding hydrogens is 359 g/mol. The summed E-state index contributed by atoms with van der Waals surface area (Å²) in [6, 6.07) is 0. The summed E-state index contributed by atoms with van der Waals surface area (Å²) >= 11 is 0. The maximum absolute atomic E-state index is 13.2. The van der Waals surface area contributed by atoms with Crippen LogP contribution in [-0.2, 0) is 0 Å². The van der Waals surface area contributed by atoms with E-state index in [9.17, 15) is 22.0 Å². The van der Waals surface area contributed by atoms with Gasteiger partial charge in [-0.25, -0.2) is 8.78 Å². The average molecular weight is 392 g/mol. The van der Waals surface area contributed by atoms with Gasteiger partial charge in [-0.05, 0) is 105 Å². The van der Waals surface area contributed by atoms with Gasteiger partial charge in [-0.3, -0.25) is 0 Å². The van der Waals surface area contributed by atoms with Crippen molar-refractivity contribution in [2.24, 2.45) is 46.8 Å². The Morgan fingerprint density at radius 3 is 2.33 bits per heavy atom. The van der Waals surface area contributed by atoms with E-state index in [1.807, 2.05) is 0 Å². The van der Waals surface area contributed by atoms with Crippen LogP contribution in [0.4, 0.5) is 22.0 Å². The van der Waals surface area contributed by atoms with E-state index >= 15 is 0 Å². The lowest BCUT2D eigenvalue weighted by Crippen LogP contribution is -2.49. The molecule has 0 spiro atoms. The van der Waals surface area contributed by atoms with Gasteiger partial charge < -0.3 is 0 Å². The van der Waals surface area contributed by atoms with Gasteiger partial charge in [0.25, 0.3) is 0 Å². The van der Waals surface area contributed by atoms with Crippen LogP contribution in [-0.4, -0.2) is 12.6 Å². The molecule has 8 atom stereocenters. The molecule has 0 aromatic heterocycles. The summed E-state index contributed by atoms with van der Waals surface area (Å²) in [6.45, 7) is 2.34. The second-order valence-electron chi connectivity index (χ2n) is 10.3. The first-order valence-electron chi connectivity index (χ1n) is 11.0. The fourth-order valence-electron chi connectivity index (χ4n) is 8.06. The summed E-state index contributed by atoms with van der Waals surface area (Å²) < 4.78 is 65.0. The van der Waals surface area contributed by atoms with Gasteiger partial charge in [0.05, 0.1) is 5.92 Å². The highest BCUT2D eigenvalue weighted by molar-refractivity contribution is 5.06. The van der Waals surface area contributed by atoms with Crippen molar-refractivity contribution in [1.29, 1.82) is 0 Å². The number of alkyl halides is 5. The quantitative estimate of drug-likeness (QED) is 0.437. The summed E-state index contributed by atoms with van der Waals surface area (Å²) in [5.74, 6) is 1.89. The molecule has 0 saturated heterocycles. The molecule has 0 radical (unpaired) electrons. The first-order valence-corrected chi connectivity index (χ1v) is 11.0. The van der Waals surface area contributed by atoms with Gasteiger partial charge >= 0.3 is 6.18 Å². The molecule has 4 rings (SSSR count). The summed E-state index contributed by atoms with van der Waals surface area (Å²) in [4.78, 5) is 0. The molecule has 4 saturated carbocycles. The molecule has 0 N–H and O–H groups in total. The zero-order chi connectivity index (χ0) is 19.4. The number of halogens is 5. The smallest absolute Gasteiger partial charge is 0.211 e. The van der Waals surface area contributed by atoms with Crippen LogP contribution in [0.3, 0.4) is 0 Å². The number of hydrogen-bond acceptors (Lipinski definition) is 0. The van der Waals surface area contributed by atoms with Gasteiger partial charge in [0, 0.05) is 6.42 Å². The van der Waals surface area contributed by atoms with Crippen molar-refractivity contribution < 1.29 is 22.0 Å². The third kappa shape index (κ3) is 3.54. The van der Waals surface area contributed by atoms with Crippen molar-refractivity contribution in [1.82, 2.24) is 0 Å². The Morgan fingerprint density at radius 2 is 1.63 bits per heavy atom. The minimum Gasteiger partial charge on any atom is -0.211 e. The monoisotopic (exact) mass is 392 g/mol. The summed E-state index contributed by atoms with van der Waals surface area (Å²) in [5.41, 5.74) is 0.187. The van der Waals surface area contributed by atoms with Crippen LogP contribution in [0.25, 0.3) is 0 Å². The van der Waals surface area contributed by atoms with Crippen molar-refractivity contribution in [2.45, 2.75) is 90.2 Å². The van der Waals surface area contributed by atoms with Crippen LogP contribution in [0.15, 0.2) is 0 Å². The standard InChI is InChI=1S/C22H33F5/c1-21-11-10-17-16-7-3-15(22(25,26)27)12-13(16)2-6-18(17)19(21)8-4-14(21)5-9-20(23)24/h13-20H,2-12H2,1H3. The molecule has 8 unspecified atom stereocenters. The van der Waals surface area contributed by atoms with Crippen molar-refractivity contribution in [3.05, 3.63) is 0 Å². The normalized spacial score (nSPS) is 47.4. The molecular formula is C22H33F5. The molecule has 0 nitrogen and oxygen atoms in total. The van der Waals surface area contributed by atoms with E-state index in [-0.39, 0.29) is 17.8 Å². The van der Waals surface area contributed by atoms with Gasteiger partial charge in [0.2, 0.25) is 6.43 Å². The van der Waals surface area contributed by atoms with E-state index in [2.05, 4.69) is 6.92 Å². The van der Waals surface area contributed by atoms with Crippen LogP contribution in [0.5, 0.6) is 0 Å². The van der Waals surface area contributed by atoms with E-state index in [0.29, 0.717) is 48.9 Å². The molecule has 156 valence electrons. The van der Waals surface area contributed by atoms with Gasteiger partial charge in [-0.2, -0.15) is 13.2 Å². The lowest BCUT2D eigenvalue weighted by Gasteiger charge is -2.56. The lowest BCUT2D eigenvalue weighted by atomic mass is 9.49. The Bertz CT molecular complexity index is 529. The highest BCUT2D eigenvalue weighted by Gasteiger charge is 2.57. The summed E-state index contributed by atoms with van der Waals surface area (Å²) in [5, 5.41) is 0. The molecule has 5 heteroatoms. The minimum absolute atomic E-state index is 0.0185. The number of fused-ring (bicyclic) bond motifs is 5. The molecule has 0 amide bonds. The van der Waals surface area contributed by atoms with E-state index in [1.165, 1.54) is 0 Å². The molecule has 27 heavy (non-hydrogen) atoms. The highest BCUT2D eigenvalue weighted by Crippen LogP contribution is 2.65. The van der Waals surface area contributed by atoms with Crippen molar-refractivity contribution in [3.63, 3.8) is 0 Å². The molecule has 4 fully saturated rings. The van der Waals surface area contributed by atoms with E-state index in [1.54, 1.807) is 0 Å². The Morgan fingerprint density at radius 1 is 0.889 bits per heavy atom. The third-order valence-corrected chi connectivity index (χ3v) is 9.35. The molecule has 0 bridgehead atoms. The second kappa shape index (κ2) is 7.16. The molecule has 0 heterocycles. The Hall–Kier alpha value is -0.350. The summed E-state index contributed by atoms with van der Waals surface area (Å²) in [7, 11) is 0. The predicted octanol–water partition coefficient (Wildman–Crippen LogP) is 7.48. The maximum Gasteiger partial charge on any atom is 0.391 e. The fourth-order valence-corrected chi connectivity index (χ4v) is 8.06. The van der Waals surface area contributed by atoms with Crippen molar-refractivity contribution in [3.8, 4) is 0 Å². The van der Waals surface area contributed by atoms with Gasteiger partial charge in [-0.1, -0.05) is 6.92 Å². The van der Waals surface area contributed by atoms with Crippen molar-refractivity contribution >= 4 is 0 Å². The van der Waals surface area contributed by atoms with Gasteiger partial charge in [0.1, 0.15) is 0 Å². The number of hydrogen-bond donors (Lipinski definition) is 0. The zero-order valence-corrected chi connectivity index (χ0v) is 16.3. The van der Waals surface area contributed by atoms with Crippen LogP contribution in [0.2, 0.25) is 0 Å². The molecule has 0 aromatic rings. The van der Waals surface area contributed by atoms with Gasteiger partial charge in [0.15, 0.2) is 0 Å². The highest BCUT2D eigenvalue weighted by atomic mass is 19.4. The second-order valence-corrected chi connectivity index (χ2v) is 10.3. The SMILES string of the molecule is CC12CCC3C4CCC(C(F)(F)F)CC4CCC3C1CCC2CCC(F)F. The molecule has 4 aliphatic carbocycles. The van der Waals surface area contributed by atoms with Crippen LogP contribution in [0, 0.1) is 46.8 Å². The lowest BCUT2D eigenvalue weighted by molar-refractivity contribution is -0.196. The van der Waals surface area contributed by atoms with E-state index in [4.69, 9.17) is 0 Å². The molecule has 4 aliphatic rings. The third-order valence-electron chi connectivity index (χ3n) is 9.35. The Balaban J connectivity index is 1.44. The number of rotatable bonds is 3. The maximum atomic E-state index is 13.2. The largest absolute Gasteiger partial charge is 0.391 e. The summed E-state index contributed by atoms with van der Waals surface area (Å²) in [6.07, 6.45) is 2.27. The van der Waals surface area contributed by atoms with Crippen LogP contribution >= 0.6 is 0 Å². The fraction of sp³-hybridized carbons (Fsp3) is 1.00. The first kappa shape index (κ1) is 19.9. The topological polar surface area (TPSA) is 0 Å².